The van der Waals surface area contributed by atoms with Crippen molar-refractivity contribution >= 4 is 11.7 Å². The zero-order valence-electron chi connectivity index (χ0n) is 8.98. The third-order valence-electron chi connectivity index (χ3n) is 2.31. The second kappa shape index (κ2) is 4.09. The van der Waals surface area contributed by atoms with Crippen molar-refractivity contribution in [2.24, 2.45) is 0 Å². The highest BCUT2D eigenvalue weighted by Gasteiger charge is 2.11. The first-order valence-corrected chi connectivity index (χ1v) is 4.76. The second-order valence-corrected chi connectivity index (χ2v) is 3.40. The molecule has 0 radical (unpaired) electrons. The van der Waals surface area contributed by atoms with E-state index in [1.165, 1.54) is 18.7 Å². The van der Waals surface area contributed by atoms with Gasteiger partial charge in [0.2, 0.25) is 0 Å². The van der Waals surface area contributed by atoms with Crippen LogP contribution in [0.15, 0.2) is 18.7 Å². The van der Waals surface area contributed by atoms with E-state index in [0.717, 1.165) is 11.3 Å². The first-order chi connectivity index (χ1) is 7.68. The van der Waals surface area contributed by atoms with Gasteiger partial charge in [0.1, 0.15) is 6.33 Å². The second-order valence-electron chi connectivity index (χ2n) is 3.40. The highest BCUT2D eigenvalue weighted by molar-refractivity contribution is 6.03. The maximum atomic E-state index is 11.7. The van der Waals surface area contributed by atoms with Crippen LogP contribution in [0, 0.1) is 13.8 Å². The summed E-state index contributed by atoms with van der Waals surface area (Å²) in [4.78, 5) is 19.3. The Kier molecular flexibility index (Phi) is 2.63. The largest absolute Gasteiger partial charge is 0.305 e. The number of nitrogens with zero attached hydrogens (tertiary/aromatic N) is 3. The SMILES string of the molecule is Cc1[nH]nc(NC(=O)c2cncnc2)c1C. The summed E-state index contributed by atoms with van der Waals surface area (Å²) in [5, 5.41) is 9.47. The number of carbonyl (C=O) groups is 1. The van der Waals surface area contributed by atoms with Gasteiger partial charge in [-0.1, -0.05) is 0 Å². The molecule has 0 aliphatic carbocycles. The fourth-order valence-corrected chi connectivity index (χ4v) is 1.20. The Hall–Kier alpha value is -2.24. The van der Waals surface area contributed by atoms with E-state index < -0.39 is 0 Å². The molecule has 2 rings (SSSR count). The van der Waals surface area contributed by atoms with Crippen LogP contribution in [-0.2, 0) is 0 Å². The molecular weight excluding hydrogens is 206 g/mol. The molecule has 0 bridgehead atoms. The lowest BCUT2D eigenvalue weighted by atomic mass is 10.2. The molecule has 0 aliphatic heterocycles. The fourth-order valence-electron chi connectivity index (χ4n) is 1.20. The Morgan fingerprint density at radius 1 is 1.31 bits per heavy atom. The van der Waals surface area contributed by atoms with Crippen molar-refractivity contribution in [2.75, 3.05) is 5.32 Å². The summed E-state index contributed by atoms with van der Waals surface area (Å²) in [5.74, 6) is 0.265. The third-order valence-corrected chi connectivity index (χ3v) is 2.31. The average molecular weight is 217 g/mol. The summed E-state index contributed by atoms with van der Waals surface area (Å²) in [7, 11) is 0. The molecule has 0 saturated heterocycles. The molecule has 0 fully saturated rings. The van der Waals surface area contributed by atoms with Crippen LogP contribution in [0.3, 0.4) is 0 Å². The average Bonchev–Trinajstić information content (AvgIpc) is 2.62. The van der Waals surface area contributed by atoms with Crippen molar-refractivity contribution in [3.8, 4) is 0 Å². The molecule has 2 heterocycles. The number of aromatic nitrogens is 4. The summed E-state index contributed by atoms with van der Waals surface area (Å²) in [6.45, 7) is 3.78. The number of rotatable bonds is 2. The maximum absolute atomic E-state index is 11.7. The molecule has 6 heteroatoms. The van der Waals surface area contributed by atoms with Crippen molar-refractivity contribution in [1.82, 2.24) is 20.2 Å². The standard InChI is InChI=1S/C10H11N5O/c1-6-7(2)14-15-9(6)13-10(16)8-3-11-5-12-4-8/h3-5H,1-2H3,(H2,13,14,15,16). The van der Waals surface area contributed by atoms with Gasteiger partial charge in [0.05, 0.1) is 5.56 Å². The van der Waals surface area contributed by atoms with Crippen LogP contribution in [0.2, 0.25) is 0 Å². The van der Waals surface area contributed by atoms with Crippen molar-refractivity contribution in [3.05, 3.63) is 35.5 Å². The Labute approximate surface area is 92.1 Å². The molecule has 16 heavy (non-hydrogen) atoms. The quantitative estimate of drug-likeness (QED) is 0.788. The number of carbonyl (C=O) groups excluding carboxylic acids is 1. The van der Waals surface area contributed by atoms with Gasteiger partial charge in [-0.3, -0.25) is 9.89 Å². The van der Waals surface area contributed by atoms with Crippen LogP contribution in [0.1, 0.15) is 21.6 Å². The number of amides is 1. The van der Waals surface area contributed by atoms with Gasteiger partial charge in [-0.05, 0) is 13.8 Å². The first-order valence-electron chi connectivity index (χ1n) is 4.76. The molecule has 0 unspecified atom stereocenters. The first kappa shape index (κ1) is 10.3. The minimum absolute atomic E-state index is 0.268. The van der Waals surface area contributed by atoms with Crippen LogP contribution in [0.25, 0.3) is 0 Å². The van der Waals surface area contributed by atoms with Crippen LogP contribution >= 0.6 is 0 Å². The normalized spacial score (nSPS) is 10.1. The molecule has 1 amide bonds. The maximum Gasteiger partial charge on any atom is 0.260 e. The van der Waals surface area contributed by atoms with Crippen molar-refractivity contribution in [3.63, 3.8) is 0 Å². The van der Waals surface area contributed by atoms with Crippen LogP contribution in [0.5, 0.6) is 0 Å². The van der Waals surface area contributed by atoms with E-state index >= 15 is 0 Å². The van der Waals surface area contributed by atoms with Crippen molar-refractivity contribution < 1.29 is 4.79 Å². The lowest BCUT2D eigenvalue weighted by molar-refractivity contribution is 0.102. The molecule has 0 aliphatic rings. The highest BCUT2D eigenvalue weighted by Crippen LogP contribution is 2.14. The molecule has 6 nitrogen and oxygen atoms in total. The van der Waals surface area contributed by atoms with Gasteiger partial charge in [-0.2, -0.15) is 5.10 Å². The van der Waals surface area contributed by atoms with Gasteiger partial charge in [0.25, 0.3) is 5.91 Å². The smallest absolute Gasteiger partial charge is 0.260 e. The number of aromatic amines is 1. The summed E-state index contributed by atoms with van der Waals surface area (Å²) in [5.41, 5.74) is 2.26. The van der Waals surface area contributed by atoms with Gasteiger partial charge in [-0.25, -0.2) is 9.97 Å². The number of nitrogens with one attached hydrogen (secondary N) is 2. The molecule has 82 valence electrons. The Balaban J connectivity index is 2.17. The lowest BCUT2D eigenvalue weighted by Gasteiger charge is -2.01. The monoisotopic (exact) mass is 217 g/mol. The van der Waals surface area contributed by atoms with E-state index in [4.69, 9.17) is 0 Å². The van der Waals surface area contributed by atoms with Gasteiger partial charge >= 0.3 is 0 Å². The van der Waals surface area contributed by atoms with Crippen LogP contribution < -0.4 is 5.32 Å². The summed E-state index contributed by atoms with van der Waals surface area (Å²) in [6, 6.07) is 0. The van der Waals surface area contributed by atoms with E-state index in [2.05, 4.69) is 25.5 Å². The molecule has 0 aromatic carbocycles. The van der Waals surface area contributed by atoms with Crippen LogP contribution in [0.4, 0.5) is 5.82 Å². The van der Waals surface area contributed by atoms with Crippen LogP contribution in [-0.4, -0.2) is 26.1 Å². The molecule has 2 aromatic rings. The minimum Gasteiger partial charge on any atom is -0.305 e. The summed E-state index contributed by atoms with van der Waals surface area (Å²) >= 11 is 0. The van der Waals surface area contributed by atoms with E-state index in [1.807, 2.05) is 13.8 Å². The predicted octanol–water partition coefficient (Wildman–Crippen LogP) is 1.07. The molecular formula is C10H11N5O. The number of hydrogen-bond acceptors (Lipinski definition) is 4. The number of hydrogen-bond donors (Lipinski definition) is 2. The lowest BCUT2D eigenvalue weighted by Crippen LogP contribution is -2.13. The zero-order valence-corrected chi connectivity index (χ0v) is 8.98. The topological polar surface area (TPSA) is 83.6 Å². The molecule has 2 N–H and O–H groups in total. The molecule has 0 saturated carbocycles. The predicted molar refractivity (Wildman–Crippen MR) is 58.0 cm³/mol. The minimum atomic E-state index is -0.268. The Bertz CT molecular complexity index is 505. The van der Waals surface area contributed by atoms with E-state index in [-0.39, 0.29) is 5.91 Å². The zero-order chi connectivity index (χ0) is 11.5. The Morgan fingerprint density at radius 3 is 2.56 bits per heavy atom. The van der Waals surface area contributed by atoms with Crippen molar-refractivity contribution in [2.45, 2.75) is 13.8 Å². The summed E-state index contributed by atoms with van der Waals surface area (Å²) in [6.07, 6.45) is 4.29. The molecule has 2 aromatic heterocycles. The molecule has 0 spiro atoms. The number of anilines is 1. The van der Waals surface area contributed by atoms with E-state index in [9.17, 15) is 4.79 Å². The van der Waals surface area contributed by atoms with E-state index in [0.29, 0.717) is 11.4 Å². The van der Waals surface area contributed by atoms with E-state index in [1.54, 1.807) is 0 Å². The number of aryl methyl sites for hydroxylation is 1. The number of H-pyrrole nitrogens is 1. The molecule has 0 atom stereocenters. The third kappa shape index (κ3) is 1.90. The van der Waals surface area contributed by atoms with Crippen molar-refractivity contribution in [1.29, 1.82) is 0 Å². The van der Waals surface area contributed by atoms with Gasteiger partial charge < -0.3 is 5.32 Å². The van der Waals surface area contributed by atoms with Gasteiger partial charge in [0.15, 0.2) is 5.82 Å². The Morgan fingerprint density at radius 2 is 2.00 bits per heavy atom. The summed E-state index contributed by atoms with van der Waals surface area (Å²) < 4.78 is 0. The van der Waals surface area contributed by atoms with Gasteiger partial charge in [0, 0.05) is 23.7 Å². The fraction of sp³-hybridized carbons (Fsp3) is 0.200. The van der Waals surface area contributed by atoms with Gasteiger partial charge in [-0.15, -0.1) is 0 Å². The highest BCUT2D eigenvalue weighted by atomic mass is 16.1.